The van der Waals surface area contributed by atoms with Gasteiger partial charge < -0.3 is 5.32 Å². The minimum Gasteiger partial charge on any atom is -0.347 e. The van der Waals surface area contributed by atoms with Crippen molar-refractivity contribution in [1.82, 2.24) is 10.3 Å². The molecule has 0 aliphatic rings. The van der Waals surface area contributed by atoms with Crippen molar-refractivity contribution in [3.05, 3.63) is 54.4 Å². The van der Waals surface area contributed by atoms with E-state index in [4.69, 9.17) is 0 Å². The van der Waals surface area contributed by atoms with Gasteiger partial charge in [0.05, 0.1) is 0 Å². The maximum absolute atomic E-state index is 12.0. The maximum Gasteiger partial charge on any atom is 0.251 e. The summed E-state index contributed by atoms with van der Waals surface area (Å²) >= 11 is 0. The van der Waals surface area contributed by atoms with Gasteiger partial charge in [-0.2, -0.15) is 0 Å². The Labute approximate surface area is 113 Å². The first kappa shape index (κ1) is 13.3. The molecule has 1 heterocycles. The van der Waals surface area contributed by atoms with Gasteiger partial charge in [-0.25, -0.2) is 0 Å². The molecule has 0 atom stereocenters. The average molecular weight is 254 g/mol. The van der Waals surface area contributed by atoms with E-state index in [2.05, 4.69) is 10.3 Å². The van der Waals surface area contributed by atoms with Crippen LogP contribution in [0.5, 0.6) is 0 Å². The molecule has 0 aliphatic heterocycles. The number of benzene rings is 1. The van der Waals surface area contributed by atoms with Crippen LogP contribution in [-0.2, 0) is 0 Å². The van der Waals surface area contributed by atoms with E-state index in [0.717, 1.165) is 11.1 Å². The molecule has 0 unspecified atom stereocenters. The molecule has 0 bridgehead atoms. The van der Waals surface area contributed by atoms with Crippen molar-refractivity contribution >= 4 is 5.91 Å². The van der Waals surface area contributed by atoms with Crippen LogP contribution >= 0.6 is 0 Å². The highest BCUT2D eigenvalue weighted by Gasteiger charge is 2.14. The van der Waals surface area contributed by atoms with Gasteiger partial charge in [-0.05, 0) is 50.1 Å². The van der Waals surface area contributed by atoms with Crippen LogP contribution in [0.25, 0.3) is 11.1 Å². The van der Waals surface area contributed by atoms with E-state index >= 15 is 0 Å². The standard InChI is InChI=1S/C16H18N2O/c1-16(2,3)18-15(19)13-8-6-12(7-9-13)14-5-4-10-17-11-14/h4-11H,1-3H3,(H,18,19). The first-order valence-corrected chi connectivity index (χ1v) is 6.29. The summed E-state index contributed by atoms with van der Waals surface area (Å²) < 4.78 is 0. The Kier molecular flexibility index (Phi) is 3.65. The Morgan fingerprint density at radius 3 is 2.26 bits per heavy atom. The number of carbonyl (C=O) groups excluding carboxylic acids is 1. The van der Waals surface area contributed by atoms with Gasteiger partial charge in [-0.15, -0.1) is 0 Å². The quantitative estimate of drug-likeness (QED) is 0.893. The fourth-order valence-electron chi connectivity index (χ4n) is 1.76. The lowest BCUT2D eigenvalue weighted by Crippen LogP contribution is -2.40. The Hall–Kier alpha value is -2.16. The van der Waals surface area contributed by atoms with Gasteiger partial charge in [0.1, 0.15) is 0 Å². The minimum absolute atomic E-state index is 0.0507. The van der Waals surface area contributed by atoms with Crippen molar-refractivity contribution in [2.24, 2.45) is 0 Å². The monoisotopic (exact) mass is 254 g/mol. The number of amides is 1. The summed E-state index contributed by atoms with van der Waals surface area (Å²) in [5.74, 6) is -0.0507. The average Bonchev–Trinajstić information content (AvgIpc) is 2.38. The van der Waals surface area contributed by atoms with Gasteiger partial charge in [0.15, 0.2) is 0 Å². The van der Waals surface area contributed by atoms with Gasteiger partial charge >= 0.3 is 0 Å². The van der Waals surface area contributed by atoms with Crippen LogP contribution in [0.2, 0.25) is 0 Å². The van der Waals surface area contributed by atoms with Crippen molar-refractivity contribution < 1.29 is 4.79 Å². The number of nitrogens with zero attached hydrogens (tertiary/aromatic N) is 1. The van der Waals surface area contributed by atoms with Gasteiger partial charge in [0.25, 0.3) is 5.91 Å². The van der Waals surface area contributed by atoms with Crippen molar-refractivity contribution in [2.45, 2.75) is 26.3 Å². The molecule has 3 heteroatoms. The number of aromatic nitrogens is 1. The number of nitrogens with one attached hydrogen (secondary N) is 1. The zero-order valence-corrected chi connectivity index (χ0v) is 11.5. The summed E-state index contributed by atoms with van der Waals surface area (Å²) in [6.07, 6.45) is 3.55. The predicted octanol–water partition coefficient (Wildman–Crippen LogP) is 3.28. The summed E-state index contributed by atoms with van der Waals surface area (Å²) in [6.45, 7) is 5.90. The van der Waals surface area contributed by atoms with Crippen LogP contribution in [0.15, 0.2) is 48.8 Å². The van der Waals surface area contributed by atoms with Crippen molar-refractivity contribution in [2.75, 3.05) is 0 Å². The normalized spacial score (nSPS) is 11.1. The molecule has 19 heavy (non-hydrogen) atoms. The van der Waals surface area contributed by atoms with E-state index in [0.29, 0.717) is 5.56 Å². The smallest absolute Gasteiger partial charge is 0.251 e. The number of hydrogen-bond acceptors (Lipinski definition) is 2. The Morgan fingerprint density at radius 1 is 1.05 bits per heavy atom. The number of hydrogen-bond donors (Lipinski definition) is 1. The molecule has 0 radical (unpaired) electrons. The molecule has 0 saturated carbocycles. The minimum atomic E-state index is -0.223. The zero-order chi connectivity index (χ0) is 13.9. The van der Waals surface area contributed by atoms with Crippen LogP contribution in [0, 0.1) is 0 Å². The fourth-order valence-corrected chi connectivity index (χ4v) is 1.76. The van der Waals surface area contributed by atoms with Crippen LogP contribution in [0.3, 0.4) is 0 Å². The fraction of sp³-hybridized carbons (Fsp3) is 0.250. The lowest BCUT2D eigenvalue weighted by molar-refractivity contribution is 0.0919. The SMILES string of the molecule is CC(C)(C)NC(=O)c1ccc(-c2cccnc2)cc1. The molecule has 2 aromatic rings. The molecule has 0 fully saturated rings. The summed E-state index contributed by atoms with van der Waals surface area (Å²) in [5.41, 5.74) is 2.55. The van der Waals surface area contributed by atoms with Gasteiger partial charge in [0.2, 0.25) is 0 Å². The third kappa shape index (κ3) is 3.65. The first-order valence-electron chi connectivity index (χ1n) is 6.29. The molecule has 1 amide bonds. The van der Waals surface area contributed by atoms with Crippen molar-refractivity contribution in [3.63, 3.8) is 0 Å². The van der Waals surface area contributed by atoms with E-state index in [1.807, 2.05) is 63.4 Å². The third-order valence-electron chi connectivity index (χ3n) is 2.63. The van der Waals surface area contributed by atoms with E-state index < -0.39 is 0 Å². The van der Waals surface area contributed by atoms with E-state index in [1.165, 1.54) is 0 Å². The van der Waals surface area contributed by atoms with Crippen LogP contribution in [-0.4, -0.2) is 16.4 Å². The van der Waals surface area contributed by atoms with Gasteiger partial charge in [-0.3, -0.25) is 9.78 Å². The number of rotatable bonds is 2. The summed E-state index contributed by atoms with van der Waals surface area (Å²) in [7, 11) is 0. The molecule has 0 spiro atoms. The molecule has 0 aliphatic carbocycles. The topological polar surface area (TPSA) is 42.0 Å². The highest BCUT2D eigenvalue weighted by atomic mass is 16.1. The van der Waals surface area contributed by atoms with Gasteiger partial charge in [-0.1, -0.05) is 18.2 Å². The van der Waals surface area contributed by atoms with Crippen molar-refractivity contribution in [3.8, 4) is 11.1 Å². The molecule has 98 valence electrons. The Balaban J connectivity index is 2.17. The molecular formula is C16H18N2O. The lowest BCUT2D eigenvalue weighted by atomic mass is 10.0. The predicted molar refractivity (Wildman–Crippen MR) is 76.9 cm³/mol. The van der Waals surface area contributed by atoms with Crippen LogP contribution < -0.4 is 5.32 Å². The first-order chi connectivity index (χ1) is 8.96. The number of carbonyl (C=O) groups is 1. The molecular weight excluding hydrogens is 236 g/mol. The van der Waals surface area contributed by atoms with Crippen LogP contribution in [0.4, 0.5) is 0 Å². The second kappa shape index (κ2) is 5.22. The molecule has 3 nitrogen and oxygen atoms in total. The Morgan fingerprint density at radius 2 is 1.74 bits per heavy atom. The molecule has 1 aromatic carbocycles. The molecule has 0 saturated heterocycles. The zero-order valence-electron chi connectivity index (χ0n) is 11.5. The largest absolute Gasteiger partial charge is 0.347 e. The van der Waals surface area contributed by atoms with E-state index in [1.54, 1.807) is 6.20 Å². The summed E-state index contributed by atoms with van der Waals surface area (Å²) in [6, 6.07) is 11.4. The lowest BCUT2D eigenvalue weighted by Gasteiger charge is -2.20. The second-order valence-electron chi connectivity index (χ2n) is 5.52. The van der Waals surface area contributed by atoms with E-state index in [-0.39, 0.29) is 11.4 Å². The molecule has 1 N–H and O–H groups in total. The second-order valence-corrected chi connectivity index (χ2v) is 5.52. The molecule has 1 aromatic heterocycles. The molecule has 2 rings (SSSR count). The summed E-state index contributed by atoms with van der Waals surface area (Å²) in [4.78, 5) is 16.1. The van der Waals surface area contributed by atoms with Gasteiger partial charge in [0, 0.05) is 23.5 Å². The maximum atomic E-state index is 12.0. The highest BCUT2D eigenvalue weighted by molar-refractivity contribution is 5.95. The third-order valence-corrected chi connectivity index (χ3v) is 2.63. The van der Waals surface area contributed by atoms with E-state index in [9.17, 15) is 4.79 Å². The highest BCUT2D eigenvalue weighted by Crippen LogP contribution is 2.18. The van der Waals surface area contributed by atoms with Crippen LogP contribution in [0.1, 0.15) is 31.1 Å². The number of pyridine rings is 1. The Bertz CT molecular complexity index is 554. The van der Waals surface area contributed by atoms with Crippen molar-refractivity contribution in [1.29, 1.82) is 0 Å². The summed E-state index contributed by atoms with van der Waals surface area (Å²) in [5, 5.41) is 2.94.